The Bertz CT molecular complexity index is 1290. The molecule has 1 aliphatic rings. The van der Waals surface area contributed by atoms with Gasteiger partial charge in [-0.25, -0.2) is 4.79 Å². The van der Waals surface area contributed by atoms with E-state index in [1.54, 1.807) is 49.4 Å². The van der Waals surface area contributed by atoms with E-state index in [-0.39, 0.29) is 22.7 Å². The molecule has 1 N–H and O–H groups in total. The molecule has 0 fully saturated rings. The normalized spacial score (nSPS) is 15.4. The number of carbonyl (C=O) groups excluding carboxylic acids is 1. The molecule has 3 aromatic rings. The molecule has 3 nitrogen and oxygen atoms in total. The highest BCUT2D eigenvalue weighted by molar-refractivity contribution is 6.31. The van der Waals surface area contributed by atoms with Crippen LogP contribution in [-0.2, 0) is 15.7 Å². The molecule has 0 unspecified atom stereocenters. The van der Waals surface area contributed by atoms with Crippen LogP contribution in [0, 0.1) is 6.92 Å². The van der Waals surface area contributed by atoms with E-state index in [4.69, 9.17) is 16.3 Å². The fraction of sp³-hybridized carbons (Fsp3) is 0.0800. The maximum absolute atomic E-state index is 13.4. The molecule has 1 heterocycles. The highest BCUT2D eigenvalue weighted by Gasteiger charge is 2.34. The number of esters is 1. The maximum Gasteiger partial charge on any atom is 0.417 e. The molecular formula is C25H16ClF3O3. The second kappa shape index (κ2) is 8.20. The summed E-state index contributed by atoms with van der Waals surface area (Å²) in [7, 11) is 0. The van der Waals surface area contributed by atoms with E-state index >= 15 is 0 Å². The number of aliphatic hydroxyl groups excluding tert-OH is 1. The summed E-state index contributed by atoms with van der Waals surface area (Å²) in [5.41, 5.74) is 1.35. The van der Waals surface area contributed by atoms with Gasteiger partial charge in [0, 0.05) is 5.02 Å². The van der Waals surface area contributed by atoms with E-state index < -0.39 is 17.7 Å². The van der Waals surface area contributed by atoms with Crippen LogP contribution in [0.4, 0.5) is 13.2 Å². The Morgan fingerprint density at radius 1 is 0.969 bits per heavy atom. The highest BCUT2D eigenvalue weighted by atomic mass is 35.5. The van der Waals surface area contributed by atoms with Gasteiger partial charge in [0.2, 0.25) is 0 Å². The monoisotopic (exact) mass is 456 g/mol. The molecular weight excluding hydrogens is 441 g/mol. The first kappa shape index (κ1) is 21.7. The van der Waals surface area contributed by atoms with Gasteiger partial charge in [-0.1, -0.05) is 60.1 Å². The number of hydrogen-bond donors (Lipinski definition) is 1. The van der Waals surface area contributed by atoms with Crippen molar-refractivity contribution >= 4 is 29.2 Å². The Morgan fingerprint density at radius 2 is 1.72 bits per heavy atom. The van der Waals surface area contributed by atoms with E-state index in [1.807, 2.05) is 0 Å². The van der Waals surface area contributed by atoms with Crippen LogP contribution in [-0.4, -0.2) is 11.1 Å². The van der Waals surface area contributed by atoms with Crippen LogP contribution in [0.2, 0.25) is 5.02 Å². The van der Waals surface area contributed by atoms with Gasteiger partial charge in [0.15, 0.2) is 11.5 Å². The summed E-state index contributed by atoms with van der Waals surface area (Å²) in [5.74, 6) is -1.10. The zero-order valence-electron chi connectivity index (χ0n) is 16.7. The number of alkyl halides is 3. The second-order valence-corrected chi connectivity index (χ2v) is 7.69. The largest absolute Gasteiger partial charge is 0.504 e. The van der Waals surface area contributed by atoms with Crippen molar-refractivity contribution in [3.63, 3.8) is 0 Å². The molecule has 0 spiro atoms. The Labute approximate surface area is 187 Å². The molecule has 0 amide bonds. The first-order valence-corrected chi connectivity index (χ1v) is 9.93. The summed E-state index contributed by atoms with van der Waals surface area (Å²) in [6.07, 6.45) is -3.02. The van der Waals surface area contributed by atoms with Gasteiger partial charge in [0.1, 0.15) is 5.57 Å². The molecule has 0 aromatic heterocycles. The quantitative estimate of drug-likeness (QED) is 0.424. The lowest BCUT2D eigenvalue weighted by molar-refractivity contribution is -0.137. The minimum Gasteiger partial charge on any atom is -0.504 e. The smallest absolute Gasteiger partial charge is 0.417 e. The minimum absolute atomic E-state index is 0.00815. The lowest BCUT2D eigenvalue weighted by Gasteiger charge is -2.15. The number of carbonyl (C=O) groups is 1. The van der Waals surface area contributed by atoms with E-state index in [1.165, 1.54) is 24.3 Å². The van der Waals surface area contributed by atoms with Crippen molar-refractivity contribution in [2.45, 2.75) is 13.1 Å². The lowest BCUT2D eigenvalue weighted by atomic mass is 9.94. The highest BCUT2D eigenvalue weighted by Crippen LogP contribution is 2.39. The molecule has 162 valence electrons. The van der Waals surface area contributed by atoms with Gasteiger partial charge in [0.05, 0.1) is 5.56 Å². The van der Waals surface area contributed by atoms with Crippen LogP contribution < -0.4 is 0 Å². The molecule has 0 radical (unpaired) electrons. The van der Waals surface area contributed by atoms with Gasteiger partial charge in [-0.05, 0) is 59.0 Å². The first-order chi connectivity index (χ1) is 15.1. The predicted molar refractivity (Wildman–Crippen MR) is 117 cm³/mol. The van der Waals surface area contributed by atoms with E-state index in [0.717, 1.165) is 6.07 Å². The number of cyclic esters (lactones) is 1. The zero-order chi connectivity index (χ0) is 23.0. The Hall–Kier alpha value is -3.51. The van der Waals surface area contributed by atoms with Gasteiger partial charge < -0.3 is 9.84 Å². The van der Waals surface area contributed by atoms with E-state index in [2.05, 4.69) is 0 Å². The molecule has 4 rings (SSSR count). The molecule has 1 aliphatic heterocycles. The number of aliphatic hydroxyl groups is 1. The molecule has 7 heteroatoms. The van der Waals surface area contributed by atoms with Gasteiger partial charge in [-0.15, -0.1) is 0 Å². The second-order valence-electron chi connectivity index (χ2n) is 7.25. The number of halogens is 4. The van der Waals surface area contributed by atoms with Gasteiger partial charge in [-0.3, -0.25) is 0 Å². The Balaban J connectivity index is 1.72. The molecule has 0 saturated heterocycles. The third kappa shape index (κ3) is 4.14. The number of ether oxygens (including phenoxy) is 1. The third-order valence-electron chi connectivity index (χ3n) is 5.06. The number of aryl methyl sites for hydroxylation is 1. The third-order valence-corrected chi connectivity index (χ3v) is 5.30. The summed E-state index contributed by atoms with van der Waals surface area (Å²) >= 11 is 5.97. The van der Waals surface area contributed by atoms with Crippen molar-refractivity contribution in [1.82, 2.24) is 0 Å². The fourth-order valence-corrected chi connectivity index (χ4v) is 3.80. The van der Waals surface area contributed by atoms with Crippen LogP contribution >= 0.6 is 11.6 Å². The average Bonchev–Trinajstić information content (AvgIpc) is 3.00. The van der Waals surface area contributed by atoms with Crippen LogP contribution in [0.15, 0.2) is 78.2 Å². The summed E-state index contributed by atoms with van der Waals surface area (Å²) in [6.45, 7) is 1.69. The van der Waals surface area contributed by atoms with Crippen molar-refractivity contribution in [1.29, 1.82) is 0 Å². The minimum atomic E-state index is -4.48. The van der Waals surface area contributed by atoms with Crippen molar-refractivity contribution in [2.75, 3.05) is 0 Å². The van der Waals surface area contributed by atoms with Gasteiger partial charge in [0.25, 0.3) is 0 Å². The van der Waals surface area contributed by atoms with Crippen molar-refractivity contribution in [3.8, 4) is 11.1 Å². The average molecular weight is 457 g/mol. The predicted octanol–water partition coefficient (Wildman–Crippen LogP) is 7.20. The Morgan fingerprint density at radius 3 is 2.41 bits per heavy atom. The molecule has 0 atom stereocenters. The maximum atomic E-state index is 13.4. The number of rotatable bonds is 3. The first-order valence-electron chi connectivity index (χ1n) is 9.56. The molecule has 0 aliphatic carbocycles. The fourth-order valence-electron chi connectivity index (χ4n) is 3.61. The summed E-state index contributed by atoms with van der Waals surface area (Å²) in [6, 6.07) is 16.6. The molecule has 3 aromatic carbocycles. The van der Waals surface area contributed by atoms with Crippen molar-refractivity contribution in [2.24, 2.45) is 0 Å². The topological polar surface area (TPSA) is 46.5 Å². The van der Waals surface area contributed by atoms with Crippen LogP contribution in [0.1, 0.15) is 22.3 Å². The summed E-state index contributed by atoms with van der Waals surface area (Å²) in [5, 5.41) is 11.0. The van der Waals surface area contributed by atoms with Crippen LogP contribution in [0.25, 0.3) is 22.8 Å². The molecule has 0 saturated carbocycles. The standard InChI is InChI=1S/C25H16ClF3O3/c1-14-11-15(9-10-18(14)19-7-2-3-8-20(19)25(27,28)29)12-21-23(30)22(24(31)32-21)16-5-4-6-17(26)13-16/h2-13,30H,1H3/b21-12-. The number of benzene rings is 3. The summed E-state index contributed by atoms with van der Waals surface area (Å²) in [4.78, 5) is 12.3. The van der Waals surface area contributed by atoms with Crippen molar-refractivity contribution in [3.05, 3.63) is 106 Å². The van der Waals surface area contributed by atoms with Gasteiger partial charge in [-0.2, -0.15) is 13.2 Å². The van der Waals surface area contributed by atoms with E-state index in [9.17, 15) is 23.1 Å². The van der Waals surface area contributed by atoms with Crippen molar-refractivity contribution < 1.29 is 27.8 Å². The van der Waals surface area contributed by atoms with E-state index in [0.29, 0.717) is 27.3 Å². The molecule has 0 bridgehead atoms. The summed E-state index contributed by atoms with van der Waals surface area (Å²) < 4.78 is 45.4. The Kier molecular flexibility index (Phi) is 5.57. The lowest BCUT2D eigenvalue weighted by Crippen LogP contribution is -2.07. The van der Waals surface area contributed by atoms with Gasteiger partial charge >= 0.3 is 12.1 Å². The number of hydrogen-bond acceptors (Lipinski definition) is 3. The molecule has 32 heavy (non-hydrogen) atoms. The van der Waals surface area contributed by atoms with Crippen LogP contribution in [0.5, 0.6) is 0 Å². The zero-order valence-corrected chi connectivity index (χ0v) is 17.5. The van der Waals surface area contributed by atoms with Crippen LogP contribution in [0.3, 0.4) is 0 Å². The SMILES string of the molecule is Cc1cc(/C=C2\OC(=O)C(c3cccc(Cl)c3)=C2O)ccc1-c1ccccc1C(F)(F)F.